The van der Waals surface area contributed by atoms with Gasteiger partial charge in [-0.3, -0.25) is 0 Å². The number of carbonyl (C=O) groups excluding carboxylic acids is 1. The molecule has 1 aromatic rings. The molecule has 0 aromatic heterocycles. The fourth-order valence-corrected chi connectivity index (χ4v) is 0.718. The number of hydrogen-bond acceptors (Lipinski definition) is 2. The van der Waals surface area contributed by atoms with Gasteiger partial charge in [-0.05, 0) is 11.6 Å². The monoisotopic (exact) mass is 145 g/mol. The zero-order valence-electron chi connectivity index (χ0n) is 5.90. The molecular formula is C9H7NO. The van der Waals surface area contributed by atoms with Crippen molar-refractivity contribution in [1.29, 1.82) is 0 Å². The molecule has 0 aliphatic rings. The molecule has 0 aliphatic carbocycles. The molecule has 1 aromatic carbocycles. The Balaban J connectivity index is 2.72. The van der Waals surface area contributed by atoms with Crippen molar-refractivity contribution in [2.45, 2.75) is 0 Å². The van der Waals surface area contributed by atoms with Gasteiger partial charge in [0.2, 0.25) is 6.08 Å². The highest BCUT2D eigenvalue weighted by Gasteiger charge is 1.79. The van der Waals surface area contributed by atoms with Gasteiger partial charge in [0.05, 0.1) is 0 Å². The van der Waals surface area contributed by atoms with Gasteiger partial charge in [0.25, 0.3) is 0 Å². The van der Waals surface area contributed by atoms with E-state index < -0.39 is 0 Å². The minimum atomic E-state index is 1.02. The molecule has 0 heterocycles. The van der Waals surface area contributed by atoms with Crippen LogP contribution in [0.15, 0.2) is 41.5 Å². The molecule has 0 amide bonds. The summed E-state index contributed by atoms with van der Waals surface area (Å²) in [5.41, 5.74) is 1.02. The Labute approximate surface area is 64.9 Å². The van der Waals surface area contributed by atoms with Gasteiger partial charge in [-0.25, -0.2) is 4.79 Å². The normalized spacial score (nSPS) is 9.45. The van der Waals surface area contributed by atoms with Crippen LogP contribution in [-0.2, 0) is 4.79 Å². The van der Waals surface area contributed by atoms with E-state index in [4.69, 9.17) is 0 Å². The third-order valence-electron chi connectivity index (χ3n) is 1.19. The van der Waals surface area contributed by atoms with E-state index in [1.54, 1.807) is 6.08 Å². The van der Waals surface area contributed by atoms with E-state index in [1.165, 1.54) is 12.3 Å². The van der Waals surface area contributed by atoms with Crippen LogP contribution >= 0.6 is 0 Å². The minimum Gasteiger partial charge on any atom is -0.211 e. The summed E-state index contributed by atoms with van der Waals surface area (Å²) in [4.78, 5) is 12.9. The van der Waals surface area contributed by atoms with Crippen LogP contribution in [0.5, 0.6) is 0 Å². The quantitative estimate of drug-likeness (QED) is 0.462. The molecule has 11 heavy (non-hydrogen) atoms. The number of hydrogen-bond donors (Lipinski definition) is 0. The Morgan fingerprint density at radius 1 is 1.27 bits per heavy atom. The standard InChI is InChI=1S/C9H7NO/c11-8-10-7-6-9-4-2-1-3-5-9/h1-7H/b7-6+. The molecule has 0 N–H and O–H groups in total. The summed E-state index contributed by atoms with van der Waals surface area (Å²) in [6.07, 6.45) is 4.59. The molecule has 1 rings (SSSR count). The lowest BCUT2D eigenvalue weighted by Gasteiger charge is -1.86. The molecule has 54 valence electrons. The Morgan fingerprint density at radius 2 is 2.00 bits per heavy atom. The predicted octanol–water partition coefficient (Wildman–Crippen LogP) is 1.99. The van der Waals surface area contributed by atoms with E-state index >= 15 is 0 Å². The summed E-state index contributed by atoms with van der Waals surface area (Å²) in [5.74, 6) is 0. The highest BCUT2D eigenvalue weighted by Crippen LogP contribution is 1.99. The summed E-state index contributed by atoms with van der Waals surface area (Å²) in [5, 5.41) is 0. The largest absolute Gasteiger partial charge is 0.239 e. The molecule has 2 nitrogen and oxygen atoms in total. The van der Waals surface area contributed by atoms with Crippen molar-refractivity contribution in [1.82, 2.24) is 0 Å². The Bertz CT molecular complexity index is 284. The van der Waals surface area contributed by atoms with Gasteiger partial charge < -0.3 is 0 Å². The van der Waals surface area contributed by atoms with Crippen molar-refractivity contribution in [3.63, 3.8) is 0 Å². The third kappa shape index (κ3) is 2.61. The Morgan fingerprint density at radius 3 is 2.64 bits per heavy atom. The van der Waals surface area contributed by atoms with Gasteiger partial charge in [0, 0.05) is 6.20 Å². The second kappa shape index (κ2) is 4.20. The highest BCUT2D eigenvalue weighted by molar-refractivity contribution is 5.50. The van der Waals surface area contributed by atoms with Gasteiger partial charge in [0.1, 0.15) is 0 Å². The van der Waals surface area contributed by atoms with Crippen molar-refractivity contribution in [3.8, 4) is 0 Å². The van der Waals surface area contributed by atoms with Gasteiger partial charge in [0.15, 0.2) is 0 Å². The Hall–Kier alpha value is -1.66. The molecule has 2 heteroatoms. The number of isocyanates is 1. The molecule has 0 fully saturated rings. The summed E-state index contributed by atoms with van der Waals surface area (Å²) >= 11 is 0. The van der Waals surface area contributed by atoms with Crippen LogP contribution in [-0.4, -0.2) is 6.08 Å². The average Bonchev–Trinajstić information content (AvgIpc) is 2.07. The average molecular weight is 145 g/mol. The van der Waals surface area contributed by atoms with Crippen LogP contribution in [0.3, 0.4) is 0 Å². The molecular weight excluding hydrogens is 138 g/mol. The van der Waals surface area contributed by atoms with E-state index in [0.717, 1.165) is 5.56 Å². The first-order valence-electron chi connectivity index (χ1n) is 3.22. The fourth-order valence-electron chi connectivity index (χ4n) is 0.718. The maximum Gasteiger partial charge on any atom is 0.239 e. The molecule has 0 saturated carbocycles. The maximum absolute atomic E-state index is 9.65. The number of benzene rings is 1. The summed E-state index contributed by atoms with van der Waals surface area (Å²) in [6.45, 7) is 0. The van der Waals surface area contributed by atoms with E-state index in [0.29, 0.717) is 0 Å². The van der Waals surface area contributed by atoms with Gasteiger partial charge >= 0.3 is 0 Å². The SMILES string of the molecule is O=C=N/C=C/c1ccccc1. The summed E-state index contributed by atoms with van der Waals surface area (Å²) in [7, 11) is 0. The van der Waals surface area contributed by atoms with Crippen LogP contribution in [0, 0.1) is 0 Å². The smallest absolute Gasteiger partial charge is 0.211 e. The topological polar surface area (TPSA) is 29.4 Å². The maximum atomic E-state index is 9.65. The van der Waals surface area contributed by atoms with Crippen LogP contribution < -0.4 is 0 Å². The molecule has 0 atom stereocenters. The first kappa shape index (κ1) is 7.45. The number of rotatable bonds is 2. The van der Waals surface area contributed by atoms with Crippen LogP contribution in [0.2, 0.25) is 0 Å². The fraction of sp³-hybridized carbons (Fsp3) is 0. The van der Waals surface area contributed by atoms with Crippen molar-refractivity contribution in [2.75, 3.05) is 0 Å². The molecule has 0 spiro atoms. The number of nitrogens with zero attached hydrogens (tertiary/aromatic N) is 1. The first-order chi connectivity index (χ1) is 5.43. The highest BCUT2D eigenvalue weighted by atomic mass is 16.1. The van der Waals surface area contributed by atoms with E-state index in [1.807, 2.05) is 30.3 Å². The van der Waals surface area contributed by atoms with E-state index in [9.17, 15) is 4.79 Å². The zero-order chi connectivity index (χ0) is 7.94. The van der Waals surface area contributed by atoms with Gasteiger partial charge in [-0.1, -0.05) is 30.3 Å². The third-order valence-corrected chi connectivity index (χ3v) is 1.19. The predicted molar refractivity (Wildman–Crippen MR) is 43.6 cm³/mol. The van der Waals surface area contributed by atoms with Crippen molar-refractivity contribution >= 4 is 12.2 Å². The van der Waals surface area contributed by atoms with Gasteiger partial charge in [-0.2, -0.15) is 4.99 Å². The zero-order valence-corrected chi connectivity index (χ0v) is 5.90. The van der Waals surface area contributed by atoms with Crippen molar-refractivity contribution < 1.29 is 4.79 Å². The van der Waals surface area contributed by atoms with Crippen LogP contribution in [0.1, 0.15) is 5.56 Å². The second-order valence-corrected chi connectivity index (χ2v) is 1.95. The molecule has 0 radical (unpaired) electrons. The molecule has 0 unspecified atom stereocenters. The summed E-state index contributed by atoms with van der Waals surface area (Å²) in [6, 6.07) is 9.63. The summed E-state index contributed by atoms with van der Waals surface area (Å²) < 4.78 is 0. The molecule has 0 saturated heterocycles. The van der Waals surface area contributed by atoms with Crippen molar-refractivity contribution in [2.24, 2.45) is 4.99 Å². The minimum absolute atomic E-state index is 1.02. The molecule has 0 aliphatic heterocycles. The number of aliphatic imine (C=N–C) groups is 1. The van der Waals surface area contributed by atoms with Crippen molar-refractivity contribution in [3.05, 3.63) is 42.1 Å². The second-order valence-electron chi connectivity index (χ2n) is 1.95. The van der Waals surface area contributed by atoms with E-state index in [2.05, 4.69) is 4.99 Å². The lowest BCUT2D eigenvalue weighted by atomic mass is 10.2. The van der Waals surface area contributed by atoms with Crippen LogP contribution in [0.4, 0.5) is 0 Å². The van der Waals surface area contributed by atoms with Gasteiger partial charge in [-0.15, -0.1) is 0 Å². The van der Waals surface area contributed by atoms with E-state index in [-0.39, 0.29) is 0 Å². The first-order valence-corrected chi connectivity index (χ1v) is 3.22. The lowest BCUT2D eigenvalue weighted by molar-refractivity contribution is 0.565. The van der Waals surface area contributed by atoms with Crippen LogP contribution in [0.25, 0.3) is 6.08 Å². The Kier molecular flexibility index (Phi) is 2.85. The molecule has 0 bridgehead atoms. The lowest BCUT2D eigenvalue weighted by Crippen LogP contribution is -1.66.